The van der Waals surface area contributed by atoms with Gasteiger partial charge in [0, 0.05) is 24.4 Å². The molecule has 2 aromatic rings. The predicted molar refractivity (Wildman–Crippen MR) is 79.6 cm³/mol. The van der Waals surface area contributed by atoms with Gasteiger partial charge >= 0.3 is 0 Å². The van der Waals surface area contributed by atoms with Crippen LogP contribution in [-0.4, -0.2) is 28.6 Å². The molecule has 0 aliphatic heterocycles. The van der Waals surface area contributed by atoms with Gasteiger partial charge in [-0.1, -0.05) is 30.3 Å². The lowest BCUT2D eigenvalue weighted by molar-refractivity contribution is -0.122. The second kappa shape index (κ2) is 7.59. The SMILES string of the molecule is CC(CO)NC(=O)CCCc1ncc(-c2ccccc2)o1. The van der Waals surface area contributed by atoms with E-state index in [1.807, 2.05) is 30.3 Å². The van der Waals surface area contributed by atoms with Crippen molar-refractivity contribution in [3.8, 4) is 11.3 Å². The van der Waals surface area contributed by atoms with Crippen LogP contribution in [0.15, 0.2) is 40.9 Å². The quantitative estimate of drug-likeness (QED) is 0.818. The fourth-order valence-corrected chi connectivity index (χ4v) is 1.95. The molecule has 0 bridgehead atoms. The number of hydrogen-bond acceptors (Lipinski definition) is 4. The van der Waals surface area contributed by atoms with Crippen molar-refractivity contribution >= 4 is 5.91 Å². The minimum atomic E-state index is -0.205. The third kappa shape index (κ3) is 4.72. The molecule has 0 aliphatic rings. The van der Waals surface area contributed by atoms with Crippen LogP contribution in [0.5, 0.6) is 0 Å². The summed E-state index contributed by atoms with van der Waals surface area (Å²) in [6.45, 7) is 1.71. The number of nitrogens with zero attached hydrogens (tertiary/aromatic N) is 1. The van der Waals surface area contributed by atoms with Crippen LogP contribution in [0, 0.1) is 0 Å². The zero-order valence-electron chi connectivity index (χ0n) is 12.1. The van der Waals surface area contributed by atoms with Gasteiger partial charge in [0.05, 0.1) is 12.8 Å². The number of aromatic nitrogens is 1. The molecule has 1 unspecified atom stereocenters. The number of nitrogens with one attached hydrogen (secondary N) is 1. The maximum Gasteiger partial charge on any atom is 0.220 e. The molecule has 2 N–H and O–H groups in total. The number of carbonyl (C=O) groups excluding carboxylic acids is 1. The van der Waals surface area contributed by atoms with Crippen molar-refractivity contribution in [3.05, 3.63) is 42.4 Å². The Morgan fingerprint density at radius 2 is 2.14 bits per heavy atom. The summed E-state index contributed by atoms with van der Waals surface area (Å²) in [5.74, 6) is 1.31. The van der Waals surface area contributed by atoms with Gasteiger partial charge in [0.25, 0.3) is 0 Å². The van der Waals surface area contributed by atoms with Gasteiger partial charge < -0.3 is 14.8 Å². The van der Waals surface area contributed by atoms with Crippen LogP contribution >= 0.6 is 0 Å². The highest BCUT2D eigenvalue weighted by Crippen LogP contribution is 2.20. The van der Waals surface area contributed by atoms with Crippen LogP contribution in [0.1, 0.15) is 25.7 Å². The molecule has 1 amide bonds. The van der Waals surface area contributed by atoms with E-state index in [-0.39, 0.29) is 18.6 Å². The molecule has 0 saturated carbocycles. The van der Waals surface area contributed by atoms with Crippen LogP contribution in [0.25, 0.3) is 11.3 Å². The van der Waals surface area contributed by atoms with E-state index in [1.54, 1.807) is 13.1 Å². The Labute approximate surface area is 124 Å². The third-order valence-electron chi connectivity index (χ3n) is 3.09. The number of benzene rings is 1. The van der Waals surface area contributed by atoms with E-state index >= 15 is 0 Å². The van der Waals surface area contributed by atoms with Crippen molar-refractivity contribution in [2.45, 2.75) is 32.2 Å². The maximum atomic E-state index is 11.6. The van der Waals surface area contributed by atoms with Gasteiger partial charge in [-0.2, -0.15) is 0 Å². The number of aliphatic hydroxyl groups excluding tert-OH is 1. The monoisotopic (exact) mass is 288 g/mol. The van der Waals surface area contributed by atoms with Gasteiger partial charge in [0.1, 0.15) is 0 Å². The van der Waals surface area contributed by atoms with Crippen molar-refractivity contribution < 1.29 is 14.3 Å². The number of hydrogen-bond donors (Lipinski definition) is 2. The first-order valence-corrected chi connectivity index (χ1v) is 7.09. The molecule has 0 spiro atoms. The molecule has 5 nitrogen and oxygen atoms in total. The molecular weight excluding hydrogens is 268 g/mol. The summed E-state index contributed by atoms with van der Waals surface area (Å²) in [4.78, 5) is 15.8. The predicted octanol–water partition coefficient (Wildman–Crippen LogP) is 2.16. The van der Waals surface area contributed by atoms with E-state index in [1.165, 1.54) is 0 Å². The second-order valence-corrected chi connectivity index (χ2v) is 4.99. The first-order valence-electron chi connectivity index (χ1n) is 7.09. The lowest BCUT2D eigenvalue weighted by atomic mass is 10.2. The summed E-state index contributed by atoms with van der Waals surface area (Å²) in [6, 6.07) is 9.58. The summed E-state index contributed by atoms with van der Waals surface area (Å²) in [5.41, 5.74) is 0.991. The van der Waals surface area contributed by atoms with Crippen LogP contribution in [0.2, 0.25) is 0 Å². The molecule has 0 radical (unpaired) electrons. The maximum absolute atomic E-state index is 11.6. The number of rotatable bonds is 7. The van der Waals surface area contributed by atoms with Crippen molar-refractivity contribution in [2.24, 2.45) is 0 Å². The topological polar surface area (TPSA) is 75.4 Å². The number of oxazole rings is 1. The molecule has 1 aromatic carbocycles. The normalized spacial score (nSPS) is 12.1. The molecule has 0 aliphatic carbocycles. The lowest BCUT2D eigenvalue weighted by Gasteiger charge is -2.09. The molecule has 2 rings (SSSR count). The molecule has 0 saturated heterocycles. The molecule has 112 valence electrons. The summed E-state index contributed by atoms with van der Waals surface area (Å²) >= 11 is 0. The van der Waals surface area contributed by atoms with Crippen molar-refractivity contribution in [3.63, 3.8) is 0 Å². The van der Waals surface area contributed by atoms with Gasteiger partial charge in [0.2, 0.25) is 5.91 Å². The molecule has 5 heteroatoms. The van der Waals surface area contributed by atoms with E-state index in [0.29, 0.717) is 25.2 Å². The van der Waals surface area contributed by atoms with Crippen LogP contribution < -0.4 is 5.32 Å². The third-order valence-corrected chi connectivity index (χ3v) is 3.09. The van der Waals surface area contributed by atoms with Gasteiger partial charge in [-0.3, -0.25) is 4.79 Å². The van der Waals surface area contributed by atoms with Crippen molar-refractivity contribution in [1.82, 2.24) is 10.3 Å². The molecular formula is C16H20N2O3. The molecule has 1 aromatic heterocycles. The minimum Gasteiger partial charge on any atom is -0.441 e. The van der Waals surface area contributed by atoms with E-state index in [9.17, 15) is 4.79 Å². The van der Waals surface area contributed by atoms with Gasteiger partial charge in [-0.05, 0) is 13.3 Å². The lowest BCUT2D eigenvalue weighted by Crippen LogP contribution is -2.34. The van der Waals surface area contributed by atoms with Gasteiger partial charge in [-0.25, -0.2) is 4.98 Å². The Morgan fingerprint density at radius 1 is 1.38 bits per heavy atom. The molecule has 21 heavy (non-hydrogen) atoms. The highest BCUT2D eigenvalue weighted by atomic mass is 16.4. The highest BCUT2D eigenvalue weighted by Gasteiger charge is 2.09. The number of carbonyl (C=O) groups is 1. The molecule has 0 fully saturated rings. The molecule has 1 atom stereocenters. The van der Waals surface area contributed by atoms with Crippen molar-refractivity contribution in [1.29, 1.82) is 0 Å². The van der Waals surface area contributed by atoms with E-state index < -0.39 is 0 Å². The Balaban J connectivity index is 1.80. The van der Waals surface area contributed by atoms with Gasteiger partial charge in [-0.15, -0.1) is 0 Å². The number of aryl methyl sites for hydroxylation is 1. The highest BCUT2D eigenvalue weighted by molar-refractivity contribution is 5.76. The first-order chi connectivity index (χ1) is 10.2. The van der Waals surface area contributed by atoms with Crippen molar-refractivity contribution in [2.75, 3.05) is 6.61 Å². The van der Waals surface area contributed by atoms with Crippen LogP contribution in [-0.2, 0) is 11.2 Å². The zero-order chi connectivity index (χ0) is 15.1. The summed E-state index contributed by atoms with van der Waals surface area (Å²) in [6.07, 6.45) is 3.39. The standard InChI is InChI=1S/C16H20N2O3/c1-12(11-19)18-15(20)8-5-9-16-17-10-14(21-16)13-6-3-2-4-7-13/h2-4,6-7,10,12,19H,5,8-9,11H2,1H3,(H,18,20). The van der Waals surface area contributed by atoms with E-state index in [2.05, 4.69) is 10.3 Å². The Morgan fingerprint density at radius 3 is 2.86 bits per heavy atom. The summed E-state index contributed by atoms with van der Waals surface area (Å²) in [5, 5.41) is 11.6. The fourth-order valence-electron chi connectivity index (χ4n) is 1.95. The molecule has 1 heterocycles. The van der Waals surface area contributed by atoms with E-state index in [4.69, 9.17) is 9.52 Å². The largest absolute Gasteiger partial charge is 0.441 e. The minimum absolute atomic E-state index is 0.0497. The zero-order valence-corrected chi connectivity index (χ0v) is 12.1. The smallest absolute Gasteiger partial charge is 0.220 e. The van der Waals surface area contributed by atoms with Crippen LogP contribution in [0.3, 0.4) is 0 Å². The Kier molecular flexibility index (Phi) is 5.51. The second-order valence-electron chi connectivity index (χ2n) is 4.99. The average molecular weight is 288 g/mol. The number of aliphatic hydroxyl groups is 1. The van der Waals surface area contributed by atoms with Crippen LogP contribution in [0.4, 0.5) is 0 Å². The fraction of sp³-hybridized carbons (Fsp3) is 0.375. The Hall–Kier alpha value is -2.14. The summed E-state index contributed by atoms with van der Waals surface area (Å²) < 4.78 is 5.67. The van der Waals surface area contributed by atoms with Gasteiger partial charge in [0.15, 0.2) is 11.7 Å². The average Bonchev–Trinajstić information content (AvgIpc) is 2.97. The summed E-state index contributed by atoms with van der Waals surface area (Å²) in [7, 11) is 0. The number of amides is 1. The first kappa shape index (κ1) is 15.3. The Bertz CT molecular complexity index is 566. The van der Waals surface area contributed by atoms with E-state index in [0.717, 1.165) is 11.3 Å².